The van der Waals surface area contributed by atoms with Gasteiger partial charge in [-0.05, 0) is 77.2 Å². The van der Waals surface area contributed by atoms with Crippen LogP contribution >= 0.6 is 0 Å². The van der Waals surface area contributed by atoms with Gasteiger partial charge in [-0.2, -0.15) is 0 Å². The summed E-state index contributed by atoms with van der Waals surface area (Å²) < 4.78 is 17.9. The fourth-order valence-electron chi connectivity index (χ4n) is 3.72. The number of benzene rings is 2. The van der Waals surface area contributed by atoms with Crippen molar-refractivity contribution in [1.82, 2.24) is 5.32 Å². The van der Waals surface area contributed by atoms with Crippen LogP contribution in [0.25, 0.3) is 10.8 Å². The van der Waals surface area contributed by atoms with Crippen LogP contribution in [0.1, 0.15) is 61.0 Å². The van der Waals surface area contributed by atoms with Gasteiger partial charge in [0.1, 0.15) is 5.60 Å². The Kier molecular flexibility index (Phi) is 6.46. The zero-order valence-electron chi connectivity index (χ0n) is 20.4. The number of Topliss-reactive ketones (excluding diaryl/α,β-unsaturated/α-hetero) is 1. The molecule has 0 unspecified atom stereocenters. The predicted octanol–water partition coefficient (Wildman–Crippen LogP) is 4.16. The third-order valence-electron chi connectivity index (χ3n) is 6.16. The van der Waals surface area contributed by atoms with Crippen molar-refractivity contribution in [3.05, 3.63) is 42.0 Å². The van der Waals surface area contributed by atoms with Crippen LogP contribution in [0, 0.1) is 0 Å². The van der Waals surface area contributed by atoms with Crippen LogP contribution < -0.4 is 10.8 Å². The van der Waals surface area contributed by atoms with E-state index in [1.807, 2.05) is 64.1 Å². The zero-order chi connectivity index (χ0) is 23.9. The maximum atomic E-state index is 12.3. The lowest BCUT2D eigenvalue weighted by molar-refractivity contribution is -0.119. The Balaban J connectivity index is 1.91. The maximum absolute atomic E-state index is 12.3. The minimum atomic E-state index is -0.684. The monoisotopic (exact) mass is 439 g/mol. The van der Waals surface area contributed by atoms with Crippen LogP contribution in [-0.4, -0.2) is 41.8 Å². The Morgan fingerprint density at radius 2 is 1.56 bits per heavy atom. The number of ether oxygens (including phenoxy) is 1. The van der Waals surface area contributed by atoms with E-state index in [-0.39, 0.29) is 5.78 Å². The predicted molar refractivity (Wildman–Crippen MR) is 127 cm³/mol. The third kappa shape index (κ3) is 5.16. The maximum Gasteiger partial charge on any atom is 0.495 e. The van der Waals surface area contributed by atoms with Crippen molar-refractivity contribution in [2.75, 3.05) is 0 Å². The molecule has 32 heavy (non-hydrogen) atoms. The molecule has 2 aromatic rings. The van der Waals surface area contributed by atoms with Crippen molar-refractivity contribution < 1.29 is 23.6 Å². The first-order valence-corrected chi connectivity index (χ1v) is 11.1. The molecule has 0 aromatic heterocycles. The Morgan fingerprint density at radius 1 is 1.00 bits per heavy atom. The number of fused-ring (bicyclic) bond motifs is 1. The Labute approximate surface area is 191 Å². The fourth-order valence-corrected chi connectivity index (χ4v) is 3.72. The lowest BCUT2D eigenvalue weighted by atomic mass is 9.75. The average Bonchev–Trinajstić information content (AvgIpc) is 2.86. The molecule has 1 heterocycles. The van der Waals surface area contributed by atoms with Crippen molar-refractivity contribution in [3.63, 3.8) is 0 Å². The van der Waals surface area contributed by atoms with E-state index in [9.17, 15) is 9.59 Å². The van der Waals surface area contributed by atoms with E-state index in [4.69, 9.17) is 14.0 Å². The molecule has 1 fully saturated rings. The van der Waals surface area contributed by atoms with Gasteiger partial charge in [-0.25, -0.2) is 4.79 Å². The average molecular weight is 439 g/mol. The molecular weight excluding hydrogens is 405 g/mol. The minimum Gasteiger partial charge on any atom is -0.444 e. The number of amides is 1. The summed E-state index contributed by atoms with van der Waals surface area (Å²) in [5.41, 5.74) is 0.394. The molecule has 1 N–H and O–H groups in total. The van der Waals surface area contributed by atoms with E-state index in [1.54, 1.807) is 20.8 Å². The Bertz CT molecular complexity index is 1010. The number of carbonyl (C=O) groups is 2. The molecule has 0 radical (unpaired) electrons. The zero-order valence-corrected chi connectivity index (χ0v) is 20.4. The van der Waals surface area contributed by atoms with Gasteiger partial charge in [-0.1, -0.05) is 36.4 Å². The summed E-state index contributed by atoms with van der Waals surface area (Å²) in [6.45, 7) is 15.0. The smallest absolute Gasteiger partial charge is 0.444 e. The van der Waals surface area contributed by atoms with Crippen LogP contribution in [0.5, 0.6) is 0 Å². The molecule has 172 valence electrons. The summed E-state index contributed by atoms with van der Waals surface area (Å²) in [4.78, 5) is 24.6. The summed E-state index contributed by atoms with van der Waals surface area (Å²) >= 11 is 0. The molecule has 1 atom stereocenters. The molecule has 2 aromatic carbocycles. The molecule has 1 aliphatic heterocycles. The van der Waals surface area contributed by atoms with E-state index in [0.717, 1.165) is 21.8 Å². The van der Waals surface area contributed by atoms with Crippen molar-refractivity contribution in [2.24, 2.45) is 0 Å². The SMILES string of the molecule is CC(=O)[C@H](Cc1cccc2c(B3OC(C)(C)C(C)(C)O3)cccc12)NC(=O)OC(C)(C)C. The molecule has 3 rings (SSSR count). The van der Waals surface area contributed by atoms with Crippen molar-refractivity contribution in [3.8, 4) is 0 Å². The highest BCUT2D eigenvalue weighted by Crippen LogP contribution is 2.37. The normalized spacial score (nSPS) is 18.4. The van der Waals surface area contributed by atoms with Crippen molar-refractivity contribution in [2.45, 2.75) is 84.7 Å². The molecule has 1 aliphatic rings. The van der Waals surface area contributed by atoms with E-state index in [2.05, 4.69) is 5.32 Å². The first-order valence-electron chi connectivity index (χ1n) is 11.1. The minimum absolute atomic E-state index is 0.130. The summed E-state index contributed by atoms with van der Waals surface area (Å²) in [5.74, 6) is -0.130. The van der Waals surface area contributed by atoms with Gasteiger partial charge in [0.05, 0.1) is 17.2 Å². The van der Waals surface area contributed by atoms with Crippen LogP contribution in [0.3, 0.4) is 0 Å². The molecule has 1 saturated heterocycles. The molecule has 7 heteroatoms. The van der Waals surface area contributed by atoms with Crippen LogP contribution in [0.4, 0.5) is 4.79 Å². The van der Waals surface area contributed by atoms with Gasteiger partial charge in [0, 0.05) is 6.42 Å². The van der Waals surface area contributed by atoms with Crippen LogP contribution in [0.15, 0.2) is 36.4 Å². The van der Waals surface area contributed by atoms with Crippen LogP contribution in [0.2, 0.25) is 0 Å². The second kappa shape index (κ2) is 8.52. The largest absolute Gasteiger partial charge is 0.495 e. The number of rotatable bonds is 5. The second-order valence-corrected chi connectivity index (χ2v) is 10.5. The van der Waals surface area contributed by atoms with Crippen molar-refractivity contribution in [1.29, 1.82) is 0 Å². The van der Waals surface area contributed by atoms with Gasteiger partial charge in [0.25, 0.3) is 0 Å². The highest BCUT2D eigenvalue weighted by atomic mass is 16.7. The molecule has 0 bridgehead atoms. The molecule has 6 nitrogen and oxygen atoms in total. The molecule has 0 saturated carbocycles. The molecule has 1 amide bonds. The summed E-state index contributed by atoms with van der Waals surface area (Å²) in [6.07, 6.45) is -0.241. The van der Waals surface area contributed by atoms with Gasteiger partial charge in [-0.15, -0.1) is 0 Å². The first kappa shape index (κ1) is 24.3. The molecule has 0 spiro atoms. The van der Waals surface area contributed by atoms with E-state index >= 15 is 0 Å². The number of carbonyl (C=O) groups excluding carboxylic acids is 2. The highest BCUT2D eigenvalue weighted by Gasteiger charge is 2.52. The van der Waals surface area contributed by atoms with E-state index < -0.39 is 36.1 Å². The topological polar surface area (TPSA) is 73.9 Å². The fraction of sp³-hybridized carbons (Fsp3) is 0.520. The van der Waals surface area contributed by atoms with Gasteiger partial charge in [0.15, 0.2) is 5.78 Å². The van der Waals surface area contributed by atoms with Crippen LogP contribution in [-0.2, 0) is 25.3 Å². The second-order valence-electron chi connectivity index (χ2n) is 10.5. The number of hydrogen-bond acceptors (Lipinski definition) is 5. The summed E-state index contributed by atoms with van der Waals surface area (Å²) in [5, 5.41) is 4.72. The molecular formula is C25H34BNO5. The number of nitrogens with one attached hydrogen (secondary N) is 1. The lowest BCUT2D eigenvalue weighted by Gasteiger charge is -2.32. The van der Waals surface area contributed by atoms with E-state index in [1.165, 1.54) is 6.92 Å². The molecule has 0 aliphatic carbocycles. The summed E-state index contributed by atoms with van der Waals surface area (Å²) in [6, 6.07) is 11.3. The highest BCUT2D eigenvalue weighted by molar-refractivity contribution is 6.65. The quantitative estimate of drug-likeness (QED) is 0.709. The Morgan fingerprint density at radius 3 is 2.12 bits per heavy atom. The van der Waals surface area contributed by atoms with Gasteiger partial charge < -0.3 is 19.4 Å². The van der Waals surface area contributed by atoms with Gasteiger partial charge in [0.2, 0.25) is 0 Å². The van der Waals surface area contributed by atoms with E-state index in [0.29, 0.717) is 6.42 Å². The standard InChI is InChI=1S/C25H34BNO5/c1-16(28)21(27-22(29)30-23(2,3)4)15-17-11-9-13-19-18(17)12-10-14-20(19)26-31-24(5,6)25(7,8)32-26/h9-14,21H,15H2,1-8H3,(H,27,29)/t21-/m0/s1. The Hall–Kier alpha value is -2.38. The number of alkyl carbamates (subject to hydrolysis) is 1. The first-order chi connectivity index (χ1) is 14.7. The lowest BCUT2D eigenvalue weighted by Crippen LogP contribution is -2.44. The summed E-state index contributed by atoms with van der Waals surface area (Å²) in [7, 11) is -0.484. The number of ketones is 1. The third-order valence-corrected chi connectivity index (χ3v) is 6.16. The number of hydrogen-bond donors (Lipinski definition) is 1. The van der Waals surface area contributed by atoms with Gasteiger partial charge in [-0.3, -0.25) is 4.79 Å². The van der Waals surface area contributed by atoms with Crippen molar-refractivity contribution >= 4 is 35.2 Å². The van der Waals surface area contributed by atoms with Gasteiger partial charge >= 0.3 is 13.2 Å².